The van der Waals surface area contributed by atoms with Gasteiger partial charge in [0.05, 0.1) is 25.4 Å². The molecule has 2 atom stereocenters. The second-order valence-electron chi connectivity index (χ2n) is 26.4. The zero-order chi connectivity index (χ0) is 59.2. The molecular formula is C76H149NO5. The number of esters is 1. The summed E-state index contributed by atoms with van der Waals surface area (Å²) in [6.07, 6.45) is 90.3. The average molecular weight is 1160 g/mol. The highest BCUT2D eigenvalue weighted by molar-refractivity contribution is 5.76. The SMILES string of the molecule is CCCCCCCCCCCCCCCCCCC/C=C/C(O)C(CO)NC(=O)CCCCCCCCCCCCCCCCCCCCCCCCCCCCCCOC(=O)CCCCCCCCCCCCCCCCCCCC. The first-order valence-corrected chi connectivity index (χ1v) is 38.0. The zero-order valence-corrected chi connectivity index (χ0v) is 56.0. The predicted molar refractivity (Wildman–Crippen MR) is 361 cm³/mol. The van der Waals surface area contributed by atoms with Gasteiger partial charge in [0.2, 0.25) is 5.91 Å². The van der Waals surface area contributed by atoms with Crippen LogP contribution in [-0.4, -0.2) is 47.4 Å². The topological polar surface area (TPSA) is 95.9 Å². The minimum Gasteiger partial charge on any atom is -0.466 e. The average Bonchev–Trinajstić information content (AvgIpc) is 3.48. The standard InChI is InChI=1S/C76H149NO5/c1-3-5-7-9-11-13-15-17-19-21-33-36-40-44-48-52-56-60-64-68-74(79)73(72-78)77-75(80)69-65-61-57-53-49-45-41-37-34-31-29-27-25-23-24-26-28-30-32-35-39-43-47-51-55-59-63-67-71-82-76(81)70-66-62-58-54-50-46-42-38-22-20-18-16-14-12-10-8-6-4-2/h64,68,73-74,78-79H,3-63,65-67,69-72H2,1-2H3,(H,77,80)/b68-64+. The third kappa shape index (κ3) is 67.7. The lowest BCUT2D eigenvalue weighted by Gasteiger charge is -2.20. The lowest BCUT2D eigenvalue weighted by Crippen LogP contribution is -2.45. The van der Waals surface area contributed by atoms with Crippen molar-refractivity contribution in [1.82, 2.24) is 5.32 Å². The molecule has 82 heavy (non-hydrogen) atoms. The number of nitrogens with one attached hydrogen (secondary N) is 1. The minimum atomic E-state index is -0.842. The molecule has 0 aliphatic heterocycles. The van der Waals surface area contributed by atoms with Crippen LogP contribution in [0.4, 0.5) is 0 Å². The smallest absolute Gasteiger partial charge is 0.305 e. The van der Waals surface area contributed by atoms with Gasteiger partial charge in [-0.05, 0) is 32.1 Å². The van der Waals surface area contributed by atoms with Gasteiger partial charge in [0, 0.05) is 12.8 Å². The lowest BCUT2D eigenvalue weighted by molar-refractivity contribution is -0.143. The number of unbranched alkanes of at least 4 members (excludes halogenated alkanes) is 61. The summed E-state index contributed by atoms with van der Waals surface area (Å²) >= 11 is 0. The maximum atomic E-state index is 12.5. The normalized spacial score (nSPS) is 12.5. The number of carbonyl (C=O) groups excluding carboxylic acids is 2. The highest BCUT2D eigenvalue weighted by Crippen LogP contribution is 2.20. The van der Waals surface area contributed by atoms with E-state index in [-0.39, 0.29) is 18.5 Å². The van der Waals surface area contributed by atoms with E-state index in [9.17, 15) is 19.8 Å². The van der Waals surface area contributed by atoms with E-state index in [4.69, 9.17) is 4.74 Å². The molecule has 6 heteroatoms. The highest BCUT2D eigenvalue weighted by atomic mass is 16.5. The van der Waals surface area contributed by atoms with Crippen molar-refractivity contribution in [2.45, 2.75) is 450 Å². The Kier molecular flexibility index (Phi) is 70.8. The van der Waals surface area contributed by atoms with Crippen molar-refractivity contribution in [3.8, 4) is 0 Å². The maximum Gasteiger partial charge on any atom is 0.305 e. The number of hydrogen-bond donors (Lipinski definition) is 3. The number of ether oxygens (including phenoxy) is 1. The molecule has 0 fully saturated rings. The summed E-state index contributed by atoms with van der Waals surface area (Å²) in [6, 6.07) is -0.625. The number of rotatable bonds is 72. The van der Waals surface area contributed by atoms with Crippen LogP contribution >= 0.6 is 0 Å². The van der Waals surface area contributed by atoms with E-state index in [1.54, 1.807) is 6.08 Å². The monoisotopic (exact) mass is 1160 g/mol. The van der Waals surface area contributed by atoms with Gasteiger partial charge in [0.25, 0.3) is 0 Å². The Labute approximate surface area is 514 Å². The van der Waals surface area contributed by atoms with Crippen molar-refractivity contribution >= 4 is 11.9 Å². The van der Waals surface area contributed by atoms with Gasteiger partial charge in [0.1, 0.15) is 0 Å². The molecule has 0 aliphatic carbocycles. The molecule has 0 spiro atoms. The molecule has 0 heterocycles. The third-order valence-electron chi connectivity index (χ3n) is 18.1. The second kappa shape index (κ2) is 72.1. The van der Waals surface area contributed by atoms with Gasteiger partial charge < -0.3 is 20.3 Å². The molecule has 0 rings (SSSR count). The van der Waals surface area contributed by atoms with Gasteiger partial charge in [-0.2, -0.15) is 0 Å². The first kappa shape index (κ1) is 80.6. The summed E-state index contributed by atoms with van der Waals surface area (Å²) in [5, 5.41) is 23.2. The fraction of sp³-hybridized carbons (Fsp3) is 0.947. The maximum absolute atomic E-state index is 12.5. The van der Waals surface area contributed by atoms with Crippen LogP contribution in [0.1, 0.15) is 438 Å². The second-order valence-corrected chi connectivity index (χ2v) is 26.4. The largest absolute Gasteiger partial charge is 0.466 e. The molecule has 0 bridgehead atoms. The van der Waals surface area contributed by atoms with Gasteiger partial charge >= 0.3 is 5.97 Å². The van der Waals surface area contributed by atoms with Crippen molar-refractivity contribution in [1.29, 1.82) is 0 Å². The van der Waals surface area contributed by atoms with Crippen molar-refractivity contribution in [2.75, 3.05) is 13.2 Å². The predicted octanol–water partition coefficient (Wildman–Crippen LogP) is 24.7. The molecule has 6 nitrogen and oxygen atoms in total. The van der Waals surface area contributed by atoms with Crippen LogP contribution in [0.25, 0.3) is 0 Å². The fourth-order valence-electron chi connectivity index (χ4n) is 12.3. The fourth-order valence-corrected chi connectivity index (χ4v) is 12.3. The van der Waals surface area contributed by atoms with Crippen molar-refractivity contribution in [3.05, 3.63) is 12.2 Å². The summed E-state index contributed by atoms with van der Waals surface area (Å²) in [7, 11) is 0. The molecule has 3 N–H and O–H groups in total. The van der Waals surface area contributed by atoms with Crippen molar-refractivity contribution in [3.63, 3.8) is 0 Å². The van der Waals surface area contributed by atoms with E-state index in [1.165, 1.54) is 372 Å². The Hall–Kier alpha value is -1.40. The van der Waals surface area contributed by atoms with Gasteiger partial charge in [-0.3, -0.25) is 9.59 Å². The first-order valence-electron chi connectivity index (χ1n) is 38.0. The van der Waals surface area contributed by atoms with Gasteiger partial charge in [-0.1, -0.05) is 405 Å². The molecule has 0 aromatic heterocycles. The van der Waals surface area contributed by atoms with E-state index in [0.717, 1.165) is 38.5 Å². The molecule has 2 unspecified atom stereocenters. The molecule has 0 radical (unpaired) electrons. The van der Waals surface area contributed by atoms with E-state index in [2.05, 4.69) is 19.2 Å². The molecule has 0 saturated heterocycles. The van der Waals surface area contributed by atoms with E-state index >= 15 is 0 Å². The molecule has 0 aromatic rings. The number of amides is 1. The minimum absolute atomic E-state index is 0.0241. The molecule has 1 amide bonds. The molecule has 0 aliphatic rings. The third-order valence-corrected chi connectivity index (χ3v) is 18.1. The summed E-state index contributed by atoms with van der Waals surface area (Å²) in [5.74, 6) is -0.0361. The quantitative estimate of drug-likeness (QED) is 0.0320. The first-order chi connectivity index (χ1) is 40.5. The zero-order valence-electron chi connectivity index (χ0n) is 56.0. The van der Waals surface area contributed by atoms with Crippen molar-refractivity contribution in [2.24, 2.45) is 0 Å². The molecular weight excluding hydrogens is 1010 g/mol. The van der Waals surface area contributed by atoms with E-state index in [0.29, 0.717) is 19.4 Å². The molecule has 0 aromatic carbocycles. The summed E-state index contributed by atoms with van der Waals surface area (Å²) in [6.45, 7) is 4.96. The van der Waals surface area contributed by atoms with Gasteiger partial charge in [-0.25, -0.2) is 0 Å². The highest BCUT2D eigenvalue weighted by Gasteiger charge is 2.18. The number of hydrogen-bond acceptors (Lipinski definition) is 5. The van der Waals surface area contributed by atoms with Crippen LogP contribution in [-0.2, 0) is 14.3 Å². The lowest BCUT2D eigenvalue weighted by atomic mass is 10.0. The molecule has 488 valence electrons. The van der Waals surface area contributed by atoms with Crippen molar-refractivity contribution < 1.29 is 24.5 Å². The number of aliphatic hydroxyl groups is 2. The summed E-state index contributed by atoms with van der Waals surface area (Å²) < 4.78 is 5.52. The number of carbonyl (C=O) groups is 2. The Morgan fingerprint density at radius 3 is 0.829 bits per heavy atom. The Morgan fingerprint density at radius 1 is 0.329 bits per heavy atom. The van der Waals surface area contributed by atoms with E-state index < -0.39 is 12.1 Å². The number of aliphatic hydroxyl groups excluding tert-OH is 2. The van der Waals surface area contributed by atoms with Crippen LogP contribution < -0.4 is 5.32 Å². The van der Waals surface area contributed by atoms with Crippen LogP contribution in [0.2, 0.25) is 0 Å². The van der Waals surface area contributed by atoms with Crippen LogP contribution in [0.3, 0.4) is 0 Å². The number of allylic oxidation sites excluding steroid dienone is 1. The van der Waals surface area contributed by atoms with Gasteiger partial charge in [-0.15, -0.1) is 0 Å². The Bertz CT molecular complexity index is 1240. The van der Waals surface area contributed by atoms with E-state index in [1.807, 2.05) is 6.08 Å². The summed E-state index contributed by atoms with van der Waals surface area (Å²) in [4.78, 5) is 24.6. The Balaban J connectivity index is 3.34. The molecule has 0 saturated carbocycles. The van der Waals surface area contributed by atoms with Gasteiger partial charge in [0.15, 0.2) is 0 Å². The van der Waals surface area contributed by atoms with Crippen LogP contribution in [0, 0.1) is 0 Å². The Morgan fingerprint density at radius 2 is 0.561 bits per heavy atom. The van der Waals surface area contributed by atoms with Crippen LogP contribution in [0.5, 0.6) is 0 Å². The summed E-state index contributed by atoms with van der Waals surface area (Å²) in [5.41, 5.74) is 0. The van der Waals surface area contributed by atoms with Crippen LogP contribution in [0.15, 0.2) is 12.2 Å².